The molecule has 1 unspecified atom stereocenters. The molecule has 0 spiro atoms. The summed E-state index contributed by atoms with van der Waals surface area (Å²) in [5.41, 5.74) is 0.483. The predicted molar refractivity (Wildman–Crippen MR) is 82.5 cm³/mol. The summed E-state index contributed by atoms with van der Waals surface area (Å²) in [4.78, 5) is 11.8. The maximum absolute atomic E-state index is 11.8. The molecule has 0 heterocycles. The zero-order chi connectivity index (χ0) is 16.4. The first kappa shape index (κ1) is 18.0. The number of benzene rings is 1. The summed E-state index contributed by atoms with van der Waals surface area (Å²) in [6, 6.07) is 8.67. The molecule has 0 amide bonds. The second kappa shape index (κ2) is 9.80. The lowest BCUT2D eigenvalue weighted by atomic mass is 10.1. The molecule has 0 saturated heterocycles. The highest BCUT2D eigenvalue weighted by atomic mass is 16.6. The van der Waals surface area contributed by atoms with E-state index >= 15 is 0 Å². The molecule has 0 fully saturated rings. The van der Waals surface area contributed by atoms with Crippen molar-refractivity contribution in [1.82, 2.24) is 0 Å². The average molecular weight is 305 g/mol. The Morgan fingerprint density at radius 3 is 2.68 bits per heavy atom. The van der Waals surface area contributed by atoms with E-state index in [0.717, 1.165) is 6.42 Å². The van der Waals surface area contributed by atoms with Crippen LogP contribution in [0.4, 0.5) is 0 Å². The number of ether oxygens (including phenoxy) is 3. The van der Waals surface area contributed by atoms with Crippen LogP contribution in [0, 0.1) is 17.2 Å². The molecule has 0 bridgehead atoms. The van der Waals surface area contributed by atoms with Crippen LogP contribution in [0.25, 0.3) is 0 Å². The second-order valence-corrected chi connectivity index (χ2v) is 5.36. The first-order valence-corrected chi connectivity index (χ1v) is 7.44. The van der Waals surface area contributed by atoms with Gasteiger partial charge in [0.2, 0.25) is 0 Å². The third-order valence-electron chi connectivity index (χ3n) is 2.92. The zero-order valence-electron chi connectivity index (χ0n) is 13.4. The maximum atomic E-state index is 11.8. The van der Waals surface area contributed by atoms with Gasteiger partial charge in [-0.15, -0.1) is 0 Å². The Kier molecular flexibility index (Phi) is 8.01. The molecule has 0 aliphatic rings. The molecule has 1 aromatic rings. The van der Waals surface area contributed by atoms with Crippen molar-refractivity contribution in [2.45, 2.75) is 33.3 Å². The smallest absolute Gasteiger partial charge is 0.347 e. The largest absolute Gasteiger partial charge is 0.479 e. The molecule has 0 radical (unpaired) electrons. The van der Waals surface area contributed by atoms with Gasteiger partial charge in [0.15, 0.2) is 6.10 Å². The Balaban J connectivity index is 2.26. The van der Waals surface area contributed by atoms with E-state index in [9.17, 15) is 4.79 Å². The van der Waals surface area contributed by atoms with Crippen molar-refractivity contribution in [3.8, 4) is 11.8 Å². The van der Waals surface area contributed by atoms with Crippen molar-refractivity contribution in [3.05, 3.63) is 29.8 Å². The van der Waals surface area contributed by atoms with Gasteiger partial charge in [-0.2, -0.15) is 5.26 Å². The van der Waals surface area contributed by atoms with Crippen LogP contribution in [-0.2, 0) is 14.3 Å². The summed E-state index contributed by atoms with van der Waals surface area (Å²) in [6.07, 6.45) is 0.257. The molecule has 5 nitrogen and oxygen atoms in total. The highest BCUT2D eigenvalue weighted by Gasteiger charge is 2.16. The number of rotatable bonds is 9. The molecule has 120 valence electrons. The lowest BCUT2D eigenvalue weighted by Crippen LogP contribution is -2.27. The van der Waals surface area contributed by atoms with Gasteiger partial charge in [-0.25, -0.2) is 4.79 Å². The van der Waals surface area contributed by atoms with Crippen LogP contribution in [0.2, 0.25) is 0 Å². The fourth-order valence-corrected chi connectivity index (χ4v) is 1.63. The Hall–Kier alpha value is -2.06. The number of esters is 1. The molecule has 0 N–H and O–H groups in total. The minimum atomic E-state index is -0.732. The summed E-state index contributed by atoms with van der Waals surface area (Å²) in [5.74, 6) is 0.617. The lowest BCUT2D eigenvalue weighted by Gasteiger charge is -2.14. The van der Waals surface area contributed by atoms with Crippen molar-refractivity contribution in [3.63, 3.8) is 0 Å². The minimum Gasteiger partial charge on any atom is -0.479 e. The molecule has 0 aliphatic carbocycles. The summed E-state index contributed by atoms with van der Waals surface area (Å²) in [6.45, 7) is 7.13. The molecule has 1 aromatic carbocycles. The molecule has 1 atom stereocenters. The minimum absolute atomic E-state index is 0.211. The molecular weight excluding hydrogens is 282 g/mol. The van der Waals surface area contributed by atoms with Crippen LogP contribution in [0.5, 0.6) is 5.75 Å². The predicted octanol–water partition coefficient (Wildman–Crippen LogP) is 2.93. The monoisotopic (exact) mass is 305 g/mol. The number of nitrogens with zero attached hydrogens (tertiary/aromatic N) is 1. The van der Waals surface area contributed by atoms with Crippen LogP contribution in [0.15, 0.2) is 24.3 Å². The lowest BCUT2D eigenvalue weighted by molar-refractivity contribution is -0.152. The summed E-state index contributed by atoms with van der Waals surface area (Å²) in [5, 5.41) is 8.82. The van der Waals surface area contributed by atoms with Crippen LogP contribution in [0.1, 0.15) is 32.8 Å². The number of nitriles is 1. The van der Waals surface area contributed by atoms with Gasteiger partial charge in [0.25, 0.3) is 0 Å². The van der Waals surface area contributed by atoms with Gasteiger partial charge in [0.05, 0.1) is 18.2 Å². The fraction of sp³-hybridized carbons (Fsp3) is 0.529. The highest BCUT2D eigenvalue weighted by molar-refractivity contribution is 5.74. The first-order valence-electron chi connectivity index (χ1n) is 7.44. The highest BCUT2D eigenvalue weighted by Crippen LogP contribution is 2.14. The van der Waals surface area contributed by atoms with Gasteiger partial charge >= 0.3 is 5.97 Å². The fourth-order valence-electron chi connectivity index (χ4n) is 1.63. The first-order chi connectivity index (χ1) is 10.5. The van der Waals surface area contributed by atoms with Gasteiger partial charge in [0.1, 0.15) is 12.4 Å². The molecular formula is C17H23NO4. The van der Waals surface area contributed by atoms with Crippen molar-refractivity contribution in [2.24, 2.45) is 5.92 Å². The van der Waals surface area contributed by atoms with Gasteiger partial charge in [-0.1, -0.05) is 19.9 Å². The van der Waals surface area contributed by atoms with E-state index in [-0.39, 0.29) is 6.61 Å². The summed E-state index contributed by atoms with van der Waals surface area (Å²) in [7, 11) is 0. The van der Waals surface area contributed by atoms with E-state index in [0.29, 0.717) is 30.4 Å². The molecule has 22 heavy (non-hydrogen) atoms. The second-order valence-electron chi connectivity index (χ2n) is 5.36. The quantitative estimate of drug-likeness (QED) is 0.518. The van der Waals surface area contributed by atoms with Crippen LogP contribution in [-0.4, -0.2) is 31.9 Å². The van der Waals surface area contributed by atoms with Crippen molar-refractivity contribution in [1.29, 1.82) is 5.26 Å². The molecule has 0 aromatic heterocycles. The third kappa shape index (κ3) is 7.09. The van der Waals surface area contributed by atoms with Crippen molar-refractivity contribution < 1.29 is 19.0 Å². The Labute approximate surface area is 131 Å². The molecule has 1 rings (SSSR count). The standard InChI is InChI=1S/C17H23NO4/c1-13(2)7-8-20-9-10-21-17(19)14(3)22-16-6-4-5-15(11-16)12-18/h4-6,11,13-14H,7-10H2,1-3H3. The van der Waals surface area contributed by atoms with Crippen LogP contribution >= 0.6 is 0 Å². The van der Waals surface area contributed by atoms with Crippen LogP contribution in [0.3, 0.4) is 0 Å². The van der Waals surface area contributed by atoms with Crippen LogP contribution < -0.4 is 4.74 Å². The third-order valence-corrected chi connectivity index (χ3v) is 2.92. The van der Waals surface area contributed by atoms with E-state index in [2.05, 4.69) is 13.8 Å². The number of hydrogen-bond acceptors (Lipinski definition) is 5. The van der Waals surface area contributed by atoms with Gasteiger partial charge in [-0.05, 0) is 37.5 Å². The van der Waals surface area contributed by atoms with E-state index in [4.69, 9.17) is 19.5 Å². The molecule has 0 aliphatic heterocycles. The maximum Gasteiger partial charge on any atom is 0.347 e. The SMILES string of the molecule is CC(C)CCOCCOC(=O)C(C)Oc1cccc(C#N)c1. The Bertz CT molecular complexity index is 508. The van der Waals surface area contributed by atoms with Gasteiger partial charge in [-0.3, -0.25) is 0 Å². The molecule has 0 saturated carbocycles. The van der Waals surface area contributed by atoms with Gasteiger partial charge < -0.3 is 14.2 Å². The van der Waals surface area contributed by atoms with E-state index in [1.807, 2.05) is 6.07 Å². The molecule has 5 heteroatoms. The van der Waals surface area contributed by atoms with Gasteiger partial charge in [0, 0.05) is 6.61 Å². The van der Waals surface area contributed by atoms with Crippen molar-refractivity contribution in [2.75, 3.05) is 19.8 Å². The summed E-state index contributed by atoms with van der Waals surface area (Å²) >= 11 is 0. The van der Waals surface area contributed by atoms with Crippen molar-refractivity contribution >= 4 is 5.97 Å². The van der Waals surface area contributed by atoms with E-state index in [1.165, 1.54) is 0 Å². The number of hydrogen-bond donors (Lipinski definition) is 0. The Morgan fingerprint density at radius 2 is 2.00 bits per heavy atom. The summed E-state index contributed by atoms with van der Waals surface area (Å²) < 4.78 is 15.9. The topological polar surface area (TPSA) is 68.6 Å². The normalized spacial score (nSPS) is 11.8. The number of carbonyl (C=O) groups is 1. The van der Waals surface area contributed by atoms with E-state index in [1.54, 1.807) is 31.2 Å². The van der Waals surface area contributed by atoms with E-state index < -0.39 is 12.1 Å². The average Bonchev–Trinajstić information content (AvgIpc) is 2.50. The zero-order valence-corrected chi connectivity index (χ0v) is 13.4. The Morgan fingerprint density at radius 1 is 1.23 bits per heavy atom. The number of carbonyl (C=O) groups excluding carboxylic acids is 1.